The number of fused-ring (bicyclic) bond motifs is 1. The monoisotopic (exact) mass is 503 g/mol. The van der Waals surface area contributed by atoms with Crippen molar-refractivity contribution < 1.29 is 9.53 Å². The molecule has 0 saturated heterocycles. The predicted molar refractivity (Wildman–Crippen MR) is 149 cm³/mol. The Labute approximate surface area is 222 Å². The molecule has 38 heavy (non-hydrogen) atoms. The van der Waals surface area contributed by atoms with Crippen LogP contribution in [0, 0.1) is 0 Å². The normalized spacial score (nSPS) is 13.0. The fourth-order valence-electron chi connectivity index (χ4n) is 4.38. The number of rotatable bonds is 10. The fourth-order valence-corrected chi connectivity index (χ4v) is 4.38. The van der Waals surface area contributed by atoms with Gasteiger partial charge in [0.1, 0.15) is 12.4 Å². The number of ether oxygens (including phenoxy) is 1. The summed E-state index contributed by atoms with van der Waals surface area (Å²) >= 11 is 0. The first-order valence-corrected chi connectivity index (χ1v) is 12.6. The molecule has 0 saturated carbocycles. The van der Waals surface area contributed by atoms with Crippen LogP contribution < -0.4 is 4.74 Å². The summed E-state index contributed by atoms with van der Waals surface area (Å²) in [5, 5.41) is 17.0. The molecular formula is C31H29N5O2. The van der Waals surface area contributed by atoms with Crippen LogP contribution in [0.25, 0.3) is 16.8 Å². The lowest BCUT2D eigenvalue weighted by Crippen LogP contribution is -2.30. The van der Waals surface area contributed by atoms with Crippen LogP contribution in [0.4, 0.5) is 0 Å². The van der Waals surface area contributed by atoms with Gasteiger partial charge in [0.15, 0.2) is 0 Å². The van der Waals surface area contributed by atoms with E-state index in [9.17, 15) is 4.79 Å². The second-order valence-corrected chi connectivity index (χ2v) is 9.22. The van der Waals surface area contributed by atoms with Gasteiger partial charge in [-0.2, -0.15) is 0 Å². The molecule has 0 spiro atoms. The molecule has 0 aliphatic carbocycles. The highest BCUT2D eigenvalue weighted by molar-refractivity contribution is 5.95. The largest absolute Gasteiger partial charge is 0.488 e. The molecule has 0 N–H and O–H groups in total. The average Bonchev–Trinajstić information content (AvgIpc) is 3.49. The van der Waals surface area contributed by atoms with Gasteiger partial charge in [-0.1, -0.05) is 84.9 Å². The fraction of sp³-hybridized carbons (Fsp3) is 0.194. The van der Waals surface area contributed by atoms with Gasteiger partial charge in [0.25, 0.3) is 0 Å². The van der Waals surface area contributed by atoms with E-state index in [-0.39, 0.29) is 12.3 Å². The van der Waals surface area contributed by atoms with E-state index in [1.54, 1.807) is 4.90 Å². The maximum Gasteiger partial charge on any atom is 0.226 e. The van der Waals surface area contributed by atoms with Crippen molar-refractivity contribution in [2.24, 2.45) is 20.7 Å². The van der Waals surface area contributed by atoms with Crippen molar-refractivity contribution in [3.8, 4) is 5.75 Å². The molecule has 5 rings (SSSR count). The van der Waals surface area contributed by atoms with Crippen LogP contribution in [0.3, 0.4) is 0 Å². The van der Waals surface area contributed by atoms with Gasteiger partial charge >= 0.3 is 0 Å². The first kappa shape index (κ1) is 25.0. The first-order chi connectivity index (χ1) is 18.7. The van der Waals surface area contributed by atoms with Crippen LogP contribution in [0.2, 0.25) is 0 Å². The third-order valence-corrected chi connectivity index (χ3v) is 6.49. The van der Waals surface area contributed by atoms with Gasteiger partial charge in [0, 0.05) is 19.0 Å². The van der Waals surface area contributed by atoms with Crippen molar-refractivity contribution >= 4 is 22.8 Å². The molecule has 0 atom stereocenters. The molecule has 1 aliphatic rings. The Morgan fingerprint density at radius 3 is 2.32 bits per heavy atom. The summed E-state index contributed by atoms with van der Waals surface area (Å²) in [5.74, 6) is 0.838. The number of likely N-dealkylation sites (N-methyl/N-ethyl adjacent to an activating group) is 1. The van der Waals surface area contributed by atoms with Crippen molar-refractivity contribution in [1.82, 2.24) is 4.90 Å². The predicted octanol–water partition coefficient (Wildman–Crippen LogP) is 6.83. The minimum Gasteiger partial charge on any atom is -0.488 e. The summed E-state index contributed by atoms with van der Waals surface area (Å²) in [7, 11) is 1.86. The van der Waals surface area contributed by atoms with Gasteiger partial charge in [-0.25, -0.2) is 0 Å². The first-order valence-electron chi connectivity index (χ1n) is 12.6. The lowest BCUT2D eigenvalue weighted by molar-refractivity contribution is -0.129. The molecule has 0 unspecified atom stereocenters. The highest BCUT2D eigenvalue weighted by Crippen LogP contribution is 2.31. The Balaban J connectivity index is 1.41. The zero-order valence-electron chi connectivity index (χ0n) is 21.3. The number of carbonyl (C=O) groups is 1. The Bertz CT molecular complexity index is 1470. The van der Waals surface area contributed by atoms with Crippen molar-refractivity contribution in [2.45, 2.75) is 25.6 Å². The zero-order valence-corrected chi connectivity index (χ0v) is 21.3. The van der Waals surface area contributed by atoms with Crippen molar-refractivity contribution in [2.75, 3.05) is 13.6 Å². The van der Waals surface area contributed by atoms with Crippen molar-refractivity contribution in [3.05, 3.63) is 119 Å². The quantitative estimate of drug-likeness (QED) is 0.238. The summed E-state index contributed by atoms with van der Waals surface area (Å²) in [6.45, 7) is 1.11. The molecule has 190 valence electrons. The van der Waals surface area contributed by atoms with E-state index in [1.165, 1.54) is 5.56 Å². The van der Waals surface area contributed by atoms with Crippen molar-refractivity contribution in [3.63, 3.8) is 0 Å². The van der Waals surface area contributed by atoms with E-state index in [2.05, 4.69) is 38.9 Å². The molecule has 1 aliphatic heterocycles. The molecule has 4 aromatic carbocycles. The summed E-state index contributed by atoms with van der Waals surface area (Å²) in [4.78, 5) is 15.1. The molecular weight excluding hydrogens is 474 g/mol. The average molecular weight is 504 g/mol. The topological polar surface area (TPSA) is 79.0 Å². The van der Waals surface area contributed by atoms with Gasteiger partial charge in [-0.05, 0) is 62.7 Å². The van der Waals surface area contributed by atoms with Gasteiger partial charge in [0.2, 0.25) is 12.1 Å². The molecule has 0 aromatic heterocycles. The summed E-state index contributed by atoms with van der Waals surface area (Å²) in [6, 6.07) is 30.4. The van der Waals surface area contributed by atoms with E-state index in [4.69, 9.17) is 4.74 Å². The van der Waals surface area contributed by atoms with E-state index < -0.39 is 6.17 Å². The Hall–Kier alpha value is -4.65. The highest BCUT2D eigenvalue weighted by atomic mass is 16.5. The Morgan fingerprint density at radius 2 is 1.58 bits per heavy atom. The lowest BCUT2D eigenvalue weighted by atomic mass is 9.97. The van der Waals surface area contributed by atoms with Crippen LogP contribution >= 0.6 is 0 Å². The molecule has 7 nitrogen and oxygen atoms in total. The third-order valence-electron chi connectivity index (χ3n) is 6.49. The van der Waals surface area contributed by atoms with Gasteiger partial charge in [-0.15, -0.1) is 10.2 Å². The molecule has 1 amide bonds. The summed E-state index contributed by atoms with van der Waals surface area (Å²) in [5.41, 5.74) is 4.18. The second kappa shape index (κ2) is 12.1. The Morgan fingerprint density at radius 1 is 0.868 bits per heavy atom. The molecule has 0 radical (unpaired) electrons. The van der Waals surface area contributed by atoms with Gasteiger partial charge in [-0.3, -0.25) is 4.79 Å². The van der Waals surface area contributed by atoms with Crippen molar-refractivity contribution in [1.29, 1.82) is 0 Å². The highest BCUT2D eigenvalue weighted by Gasteiger charge is 2.15. The minimum atomic E-state index is -0.426. The number of nitrogens with zero attached hydrogens (tertiary/aromatic N) is 5. The lowest BCUT2D eigenvalue weighted by Gasteiger charge is -2.19. The summed E-state index contributed by atoms with van der Waals surface area (Å²) in [6.07, 6.45) is 4.45. The number of amides is 1. The minimum absolute atomic E-state index is 0.0670. The second-order valence-electron chi connectivity index (χ2n) is 9.22. The van der Waals surface area contributed by atoms with E-state index in [1.807, 2.05) is 92.0 Å². The van der Waals surface area contributed by atoms with Crippen LogP contribution in [0.1, 0.15) is 22.3 Å². The van der Waals surface area contributed by atoms with Crippen LogP contribution in [-0.4, -0.2) is 30.6 Å². The number of hydrogen-bond acceptors (Lipinski definition) is 6. The number of benzene rings is 4. The van der Waals surface area contributed by atoms with E-state index in [0.717, 1.165) is 39.6 Å². The maximum absolute atomic E-state index is 13.3. The molecule has 7 heteroatoms. The molecule has 1 heterocycles. The van der Waals surface area contributed by atoms with Crippen LogP contribution in [0.5, 0.6) is 5.75 Å². The SMILES string of the molecule is CN(CCc1ccccc1)C(=O)Cc1cc(/C=C/C2N=NN=N2)cc2c(OCc3ccccc3)cccc12. The number of carbonyl (C=O) groups excluding carboxylic acids is 1. The van der Waals surface area contributed by atoms with E-state index in [0.29, 0.717) is 13.2 Å². The van der Waals surface area contributed by atoms with Crippen LogP contribution in [0.15, 0.2) is 118 Å². The van der Waals surface area contributed by atoms with Crippen LogP contribution in [-0.2, 0) is 24.2 Å². The molecule has 0 bridgehead atoms. The summed E-state index contributed by atoms with van der Waals surface area (Å²) < 4.78 is 6.25. The Kier molecular flexibility index (Phi) is 7.94. The smallest absolute Gasteiger partial charge is 0.226 e. The maximum atomic E-state index is 13.3. The zero-order chi connectivity index (χ0) is 26.2. The standard InChI is InChI=1S/C31H29N5O2/c1-36(18-17-23-9-4-2-5-10-23)31(37)21-26-19-25(15-16-30-32-34-35-33-30)20-28-27(26)13-8-14-29(28)38-22-24-11-6-3-7-12-24/h2-16,19-20,30H,17-18,21-22H2,1H3/b16-15+. The number of hydrogen-bond donors (Lipinski definition) is 0. The van der Waals surface area contributed by atoms with E-state index >= 15 is 0 Å². The molecule has 0 fully saturated rings. The van der Waals surface area contributed by atoms with Gasteiger partial charge in [0.05, 0.1) is 6.42 Å². The third kappa shape index (κ3) is 6.37. The molecule has 4 aromatic rings. The van der Waals surface area contributed by atoms with Gasteiger partial charge < -0.3 is 9.64 Å².